The number of nitrogens with zero attached hydrogens (tertiary/aromatic N) is 4. The van der Waals surface area contributed by atoms with Gasteiger partial charge in [-0.05, 0) is 19.4 Å². The molecule has 2 rings (SSSR count). The van der Waals surface area contributed by atoms with Gasteiger partial charge < -0.3 is 15.2 Å². The monoisotopic (exact) mass is 278 g/mol. The van der Waals surface area contributed by atoms with Gasteiger partial charge in [-0.15, -0.1) is 0 Å². The molecule has 0 spiro atoms. The van der Waals surface area contributed by atoms with Crippen molar-refractivity contribution in [3.63, 3.8) is 0 Å². The van der Waals surface area contributed by atoms with Crippen molar-refractivity contribution >= 4 is 11.7 Å². The van der Waals surface area contributed by atoms with Crippen LogP contribution in [0.5, 0.6) is 0 Å². The van der Waals surface area contributed by atoms with E-state index in [9.17, 15) is 4.79 Å². The van der Waals surface area contributed by atoms with Crippen LogP contribution in [0, 0.1) is 0 Å². The van der Waals surface area contributed by atoms with Crippen LogP contribution in [-0.4, -0.2) is 58.4 Å². The molecule has 0 bridgehead atoms. The standard InChI is InChI=1S/C13H22N6O/c1-3-19-6-4-10(5-7-19)18(2)13(20)11-8-15-9-12(16-11)17-14/h8-10H,3-7,14H2,1-2H3,(H,16,17). The number of nitrogen functional groups attached to an aromatic ring is 1. The molecule has 1 saturated heterocycles. The second kappa shape index (κ2) is 6.62. The molecule has 1 fully saturated rings. The highest BCUT2D eigenvalue weighted by molar-refractivity contribution is 5.92. The van der Waals surface area contributed by atoms with Crippen LogP contribution in [-0.2, 0) is 0 Å². The van der Waals surface area contributed by atoms with Crippen LogP contribution < -0.4 is 11.3 Å². The van der Waals surface area contributed by atoms with Crippen molar-refractivity contribution < 1.29 is 4.79 Å². The summed E-state index contributed by atoms with van der Waals surface area (Å²) in [6.07, 6.45) is 4.95. The largest absolute Gasteiger partial charge is 0.337 e. The second-order valence-corrected chi connectivity index (χ2v) is 5.02. The third-order valence-electron chi connectivity index (χ3n) is 3.87. The van der Waals surface area contributed by atoms with E-state index in [0.717, 1.165) is 32.5 Å². The maximum atomic E-state index is 12.4. The van der Waals surface area contributed by atoms with Gasteiger partial charge in [-0.2, -0.15) is 0 Å². The van der Waals surface area contributed by atoms with E-state index in [1.54, 1.807) is 4.90 Å². The predicted molar refractivity (Wildman–Crippen MR) is 77.1 cm³/mol. The molecule has 1 aliphatic heterocycles. The molecule has 7 nitrogen and oxygen atoms in total. The zero-order chi connectivity index (χ0) is 14.5. The number of aromatic nitrogens is 2. The highest BCUT2D eigenvalue weighted by atomic mass is 16.2. The molecule has 3 N–H and O–H groups in total. The molecule has 1 aliphatic rings. The summed E-state index contributed by atoms with van der Waals surface area (Å²) in [6, 6.07) is 0.265. The molecular weight excluding hydrogens is 256 g/mol. The Balaban J connectivity index is 2.01. The number of likely N-dealkylation sites (tertiary alicyclic amines) is 1. The van der Waals surface area contributed by atoms with Gasteiger partial charge in [0.15, 0.2) is 5.82 Å². The molecule has 110 valence electrons. The van der Waals surface area contributed by atoms with Crippen molar-refractivity contribution in [3.8, 4) is 0 Å². The minimum atomic E-state index is -0.107. The summed E-state index contributed by atoms with van der Waals surface area (Å²) in [7, 11) is 1.83. The average Bonchev–Trinajstić information content (AvgIpc) is 2.53. The van der Waals surface area contributed by atoms with E-state index in [0.29, 0.717) is 11.5 Å². The van der Waals surface area contributed by atoms with E-state index in [4.69, 9.17) is 5.84 Å². The Labute approximate surface area is 119 Å². The highest BCUT2D eigenvalue weighted by Gasteiger charge is 2.26. The van der Waals surface area contributed by atoms with Crippen LogP contribution in [0.2, 0.25) is 0 Å². The molecule has 2 heterocycles. The maximum Gasteiger partial charge on any atom is 0.274 e. The highest BCUT2D eigenvalue weighted by Crippen LogP contribution is 2.17. The summed E-state index contributed by atoms with van der Waals surface area (Å²) in [4.78, 5) is 24.7. The first-order valence-corrected chi connectivity index (χ1v) is 6.94. The van der Waals surface area contributed by atoms with Gasteiger partial charge in [0, 0.05) is 26.2 Å². The van der Waals surface area contributed by atoms with Crippen LogP contribution in [0.4, 0.5) is 5.82 Å². The topological polar surface area (TPSA) is 87.4 Å². The Hall–Kier alpha value is -1.73. The smallest absolute Gasteiger partial charge is 0.274 e. The van der Waals surface area contributed by atoms with Gasteiger partial charge in [-0.25, -0.2) is 10.8 Å². The fourth-order valence-corrected chi connectivity index (χ4v) is 2.51. The Morgan fingerprint density at radius 2 is 2.20 bits per heavy atom. The molecule has 0 aromatic carbocycles. The number of carbonyl (C=O) groups is 1. The maximum absolute atomic E-state index is 12.4. The van der Waals surface area contributed by atoms with E-state index in [2.05, 4.69) is 27.2 Å². The third-order valence-corrected chi connectivity index (χ3v) is 3.87. The lowest BCUT2D eigenvalue weighted by Gasteiger charge is -2.36. The van der Waals surface area contributed by atoms with Crippen molar-refractivity contribution in [3.05, 3.63) is 18.1 Å². The average molecular weight is 278 g/mol. The molecule has 0 atom stereocenters. The van der Waals surface area contributed by atoms with Gasteiger partial charge in [-0.1, -0.05) is 6.92 Å². The summed E-state index contributed by atoms with van der Waals surface area (Å²) >= 11 is 0. The minimum Gasteiger partial charge on any atom is -0.337 e. The zero-order valence-corrected chi connectivity index (χ0v) is 12.0. The first-order chi connectivity index (χ1) is 9.65. The first kappa shape index (κ1) is 14.7. The van der Waals surface area contributed by atoms with Crippen LogP contribution in [0.25, 0.3) is 0 Å². The van der Waals surface area contributed by atoms with E-state index in [-0.39, 0.29) is 11.9 Å². The number of nitrogens with two attached hydrogens (primary N) is 1. The Kier molecular flexibility index (Phi) is 4.86. The van der Waals surface area contributed by atoms with E-state index in [1.807, 2.05) is 7.05 Å². The lowest BCUT2D eigenvalue weighted by atomic mass is 10.0. The van der Waals surface area contributed by atoms with Crippen molar-refractivity contribution in [1.29, 1.82) is 0 Å². The SMILES string of the molecule is CCN1CCC(N(C)C(=O)c2cncc(NN)n2)CC1. The van der Waals surface area contributed by atoms with Gasteiger partial charge in [-0.3, -0.25) is 9.78 Å². The van der Waals surface area contributed by atoms with Crippen LogP contribution in [0.1, 0.15) is 30.3 Å². The summed E-state index contributed by atoms with van der Waals surface area (Å²) in [5, 5.41) is 0. The molecule has 20 heavy (non-hydrogen) atoms. The number of amides is 1. The number of hydrazine groups is 1. The minimum absolute atomic E-state index is 0.107. The van der Waals surface area contributed by atoms with Crippen molar-refractivity contribution in [2.45, 2.75) is 25.8 Å². The van der Waals surface area contributed by atoms with Crippen LogP contribution >= 0.6 is 0 Å². The molecule has 1 amide bonds. The molecule has 0 radical (unpaired) electrons. The van der Waals surface area contributed by atoms with E-state index in [1.165, 1.54) is 12.4 Å². The number of piperidine rings is 1. The number of anilines is 1. The number of nitrogens with one attached hydrogen (secondary N) is 1. The summed E-state index contributed by atoms with van der Waals surface area (Å²) in [6.45, 7) is 5.31. The first-order valence-electron chi connectivity index (χ1n) is 6.94. The quantitative estimate of drug-likeness (QED) is 0.609. The number of rotatable bonds is 4. The lowest BCUT2D eigenvalue weighted by molar-refractivity contribution is 0.0641. The summed E-state index contributed by atoms with van der Waals surface area (Å²) in [5.74, 6) is 5.57. The van der Waals surface area contributed by atoms with Gasteiger partial charge in [0.1, 0.15) is 5.69 Å². The fourth-order valence-electron chi connectivity index (χ4n) is 2.51. The van der Waals surface area contributed by atoms with Crippen molar-refractivity contribution in [2.24, 2.45) is 5.84 Å². The van der Waals surface area contributed by atoms with E-state index >= 15 is 0 Å². The Morgan fingerprint density at radius 1 is 1.50 bits per heavy atom. The van der Waals surface area contributed by atoms with Crippen LogP contribution in [0.15, 0.2) is 12.4 Å². The number of hydrogen-bond acceptors (Lipinski definition) is 6. The van der Waals surface area contributed by atoms with Gasteiger partial charge in [0.05, 0.1) is 12.4 Å². The molecular formula is C13H22N6O. The molecule has 1 aromatic heterocycles. The Bertz CT molecular complexity index is 458. The molecule has 1 aromatic rings. The second-order valence-electron chi connectivity index (χ2n) is 5.02. The summed E-state index contributed by atoms with van der Waals surface area (Å²) < 4.78 is 0. The van der Waals surface area contributed by atoms with Gasteiger partial charge in [0.25, 0.3) is 5.91 Å². The van der Waals surface area contributed by atoms with Crippen LogP contribution in [0.3, 0.4) is 0 Å². The lowest BCUT2D eigenvalue weighted by Crippen LogP contribution is -2.45. The number of hydrogen-bond donors (Lipinski definition) is 2. The van der Waals surface area contributed by atoms with Gasteiger partial charge >= 0.3 is 0 Å². The molecule has 0 aliphatic carbocycles. The van der Waals surface area contributed by atoms with Gasteiger partial charge in [0.2, 0.25) is 0 Å². The van der Waals surface area contributed by atoms with Crippen molar-refractivity contribution in [2.75, 3.05) is 32.1 Å². The molecule has 7 heteroatoms. The Morgan fingerprint density at radius 3 is 2.80 bits per heavy atom. The zero-order valence-electron chi connectivity index (χ0n) is 12.0. The molecule has 0 saturated carbocycles. The fraction of sp³-hybridized carbons (Fsp3) is 0.615. The number of carbonyl (C=O) groups excluding carboxylic acids is 1. The predicted octanol–water partition coefficient (Wildman–Crippen LogP) is 0.319. The normalized spacial score (nSPS) is 16.9. The third kappa shape index (κ3) is 3.23. The summed E-state index contributed by atoms with van der Waals surface area (Å²) in [5.41, 5.74) is 2.72. The molecule has 0 unspecified atom stereocenters. The van der Waals surface area contributed by atoms with E-state index < -0.39 is 0 Å². The van der Waals surface area contributed by atoms with Crippen molar-refractivity contribution in [1.82, 2.24) is 19.8 Å².